The molecule has 0 saturated carbocycles. The van der Waals surface area contributed by atoms with Gasteiger partial charge in [-0.05, 0) is 50.7 Å². The van der Waals surface area contributed by atoms with E-state index < -0.39 is 23.8 Å². The molecule has 1 saturated heterocycles. The van der Waals surface area contributed by atoms with Gasteiger partial charge in [0.2, 0.25) is 5.91 Å². The Kier molecular flexibility index (Phi) is 5.21. The number of aromatic nitrogens is 2. The SMILES string of the molecule is O=C(NC1CCCc2c1cnn2-c1ccc(F)cc1F)C1CCCCN1C(=O)O. The van der Waals surface area contributed by atoms with E-state index in [1.165, 1.54) is 21.7 Å². The summed E-state index contributed by atoms with van der Waals surface area (Å²) in [7, 11) is 0. The van der Waals surface area contributed by atoms with Crippen molar-refractivity contribution in [3.05, 3.63) is 47.3 Å². The molecule has 2 aromatic rings. The smallest absolute Gasteiger partial charge is 0.407 e. The van der Waals surface area contributed by atoms with Crippen molar-refractivity contribution in [2.24, 2.45) is 0 Å². The van der Waals surface area contributed by atoms with Gasteiger partial charge < -0.3 is 10.4 Å². The Hall–Kier alpha value is -2.97. The molecule has 7 nitrogen and oxygen atoms in total. The summed E-state index contributed by atoms with van der Waals surface area (Å²) in [5.41, 5.74) is 1.71. The summed E-state index contributed by atoms with van der Waals surface area (Å²) in [6, 6.07) is 2.32. The maximum Gasteiger partial charge on any atom is 0.407 e. The number of rotatable bonds is 3. The fourth-order valence-corrected chi connectivity index (χ4v) is 4.27. The quantitative estimate of drug-likeness (QED) is 0.823. The molecule has 1 aliphatic heterocycles. The largest absolute Gasteiger partial charge is 0.465 e. The zero-order chi connectivity index (χ0) is 20.5. The van der Waals surface area contributed by atoms with Crippen LogP contribution in [0.25, 0.3) is 5.69 Å². The van der Waals surface area contributed by atoms with Crippen LogP contribution >= 0.6 is 0 Å². The monoisotopic (exact) mass is 404 g/mol. The average Bonchev–Trinajstić information content (AvgIpc) is 3.13. The molecule has 0 bridgehead atoms. The van der Waals surface area contributed by atoms with Gasteiger partial charge in [0.05, 0.1) is 12.2 Å². The Morgan fingerprint density at radius 1 is 1.17 bits per heavy atom. The number of nitrogens with one attached hydrogen (secondary N) is 1. The molecule has 4 rings (SSSR count). The zero-order valence-electron chi connectivity index (χ0n) is 15.8. The molecule has 1 aliphatic carbocycles. The van der Waals surface area contributed by atoms with Gasteiger partial charge in [0.15, 0.2) is 5.82 Å². The Labute approximate surface area is 166 Å². The maximum atomic E-state index is 14.2. The first-order chi connectivity index (χ1) is 14.0. The second-order valence-corrected chi connectivity index (χ2v) is 7.50. The van der Waals surface area contributed by atoms with E-state index in [1.807, 2.05) is 0 Å². The minimum absolute atomic E-state index is 0.156. The second kappa shape index (κ2) is 7.81. The number of fused-ring (bicyclic) bond motifs is 1. The molecule has 1 fully saturated rings. The highest BCUT2D eigenvalue weighted by atomic mass is 19.1. The first kappa shape index (κ1) is 19.4. The summed E-state index contributed by atoms with van der Waals surface area (Å²) in [6.45, 7) is 0.352. The van der Waals surface area contributed by atoms with Crippen molar-refractivity contribution in [3.8, 4) is 5.69 Å². The van der Waals surface area contributed by atoms with Gasteiger partial charge in [0.25, 0.3) is 0 Å². The molecule has 1 aromatic heterocycles. The summed E-state index contributed by atoms with van der Waals surface area (Å²) in [5, 5.41) is 16.6. The predicted molar refractivity (Wildman–Crippen MR) is 99.7 cm³/mol. The van der Waals surface area contributed by atoms with E-state index in [1.54, 1.807) is 6.20 Å². The van der Waals surface area contributed by atoms with Crippen molar-refractivity contribution < 1.29 is 23.5 Å². The van der Waals surface area contributed by atoms with E-state index in [-0.39, 0.29) is 17.6 Å². The highest BCUT2D eigenvalue weighted by molar-refractivity contribution is 5.85. The summed E-state index contributed by atoms with van der Waals surface area (Å²) >= 11 is 0. The first-order valence-electron chi connectivity index (χ1n) is 9.78. The van der Waals surface area contributed by atoms with E-state index in [0.717, 1.165) is 36.6 Å². The normalized spacial score (nSPS) is 21.5. The van der Waals surface area contributed by atoms with E-state index in [2.05, 4.69) is 10.4 Å². The average molecular weight is 404 g/mol. The molecule has 2 unspecified atom stereocenters. The van der Waals surface area contributed by atoms with Crippen LogP contribution in [0.3, 0.4) is 0 Å². The Bertz CT molecular complexity index is 946. The second-order valence-electron chi connectivity index (χ2n) is 7.50. The number of piperidine rings is 1. The number of halogens is 2. The summed E-state index contributed by atoms with van der Waals surface area (Å²) in [5.74, 6) is -1.68. The van der Waals surface area contributed by atoms with Crippen LogP contribution in [-0.2, 0) is 11.2 Å². The van der Waals surface area contributed by atoms with Crippen LogP contribution in [0.1, 0.15) is 49.4 Å². The molecule has 9 heteroatoms. The van der Waals surface area contributed by atoms with Gasteiger partial charge in [0, 0.05) is 23.9 Å². The molecule has 2 aliphatic rings. The standard InChI is InChI=1S/C20H22F2N4O3/c21-12-7-8-17(14(22)10-12)26-16-6-3-4-15(13(16)11-23-26)24-19(27)18-5-1-2-9-25(18)20(28)29/h7-8,10-11,15,18H,1-6,9H2,(H,24,27)(H,28,29). The van der Waals surface area contributed by atoms with Crippen LogP contribution in [0.5, 0.6) is 0 Å². The fraction of sp³-hybridized carbons (Fsp3) is 0.450. The van der Waals surface area contributed by atoms with Crippen molar-refractivity contribution in [2.45, 2.75) is 50.6 Å². The Morgan fingerprint density at radius 2 is 2.00 bits per heavy atom. The minimum atomic E-state index is -1.09. The third kappa shape index (κ3) is 3.68. The third-order valence-electron chi connectivity index (χ3n) is 5.69. The van der Waals surface area contributed by atoms with Gasteiger partial charge in [-0.3, -0.25) is 9.69 Å². The molecule has 154 valence electrons. The van der Waals surface area contributed by atoms with Gasteiger partial charge in [-0.15, -0.1) is 0 Å². The van der Waals surface area contributed by atoms with E-state index in [4.69, 9.17) is 0 Å². The van der Waals surface area contributed by atoms with Crippen molar-refractivity contribution in [3.63, 3.8) is 0 Å². The van der Waals surface area contributed by atoms with Crippen LogP contribution in [0.15, 0.2) is 24.4 Å². The van der Waals surface area contributed by atoms with Crippen molar-refractivity contribution >= 4 is 12.0 Å². The van der Waals surface area contributed by atoms with Crippen molar-refractivity contribution in [1.82, 2.24) is 20.0 Å². The summed E-state index contributed by atoms with van der Waals surface area (Å²) in [4.78, 5) is 25.5. The first-order valence-corrected chi connectivity index (χ1v) is 9.78. The Morgan fingerprint density at radius 3 is 2.76 bits per heavy atom. The zero-order valence-corrected chi connectivity index (χ0v) is 15.8. The molecule has 2 atom stereocenters. The molecule has 0 spiro atoms. The number of hydrogen-bond acceptors (Lipinski definition) is 3. The maximum absolute atomic E-state index is 14.2. The van der Waals surface area contributed by atoms with E-state index >= 15 is 0 Å². The molecule has 0 radical (unpaired) electrons. The van der Waals surface area contributed by atoms with Crippen molar-refractivity contribution in [2.75, 3.05) is 6.54 Å². The molecular weight excluding hydrogens is 382 g/mol. The molecular formula is C20H22F2N4O3. The number of amides is 2. The number of carboxylic acid groups (broad SMARTS) is 1. The lowest BCUT2D eigenvalue weighted by Gasteiger charge is -2.34. The lowest BCUT2D eigenvalue weighted by atomic mass is 9.92. The molecule has 2 heterocycles. The Balaban J connectivity index is 1.57. The van der Waals surface area contributed by atoms with Gasteiger partial charge in [0.1, 0.15) is 17.5 Å². The molecule has 29 heavy (non-hydrogen) atoms. The molecule has 2 amide bonds. The summed E-state index contributed by atoms with van der Waals surface area (Å²) in [6.07, 6.45) is 4.67. The lowest BCUT2D eigenvalue weighted by molar-refractivity contribution is -0.127. The third-order valence-corrected chi connectivity index (χ3v) is 5.69. The van der Waals surface area contributed by atoms with Crippen LogP contribution in [0.4, 0.5) is 13.6 Å². The number of benzene rings is 1. The van der Waals surface area contributed by atoms with Crippen LogP contribution in [0, 0.1) is 11.6 Å². The number of carbonyl (C=O) groups is 2. The van der Waals surface area contributed by atoms with Gasteiger partial charge in [-0.2, -0.15) is 5.10 Å². The number of nitrogens with zero attached hydrogens (tertiary/aromatic N) is 3. The predicted octanol–water partition coefficient (Wildman–Crippen LogP) is 3.18. The number of carbonyl (C=O) groups excluding carboxylic acids is 1. The van der Waals surface area contributed by atoms with Crippen molar-refractivity contribution in [1.29, 1.82) is 0 Å². The van der Waals surface area contributed by atoms with Crippen LogP contribution in [-0.4, -0.2) is 44.4 Å². The van der Waals surface area contributed by atoms with Gasteiger partial charge >= 0.3 is 6.09 Å². The highest BCUT2D eigenvalue weighted by Gasteiger charge is 2.34. The molecule has 1 aromatic carbocycles. The van der Waals surface area contributed by atoms with E-state index in [0.29, 0.717) is 25.8 Å². The van der Waals surface area contributed by atoms with Crippen LogP contribution in [0.2, 0.25) is 0 Å². The number of likely N-dealkylation sites (tertiary alicyclic amines) is 1. The topological polar surface area (TPSA) is 87.5 Å². The van der Waals surface area contributed by atoms with Gasteiger partial charge in [-0.1, -0.05) is 0 Å². The lowest BCUT2D eigenvalue weighted by Crippen LogP contribution is -2.52. The minimum Gasteiger partial charge on any atom is -0.465 e. The number of hydrogen-bond donors (Lipinski definition) is 2. The summed E-state index contributed by atoms with van der Waals surface area (Å²) < 4.78 is 28.9. The van der Waals surface area contributed by atoms with E-state index in [9.17, 15) is 23.5 Å². The van der Waals surface area contributed by atoms with Crippen LogP contribution < -0.4 is 5.32 Å². The highest BCUT2D eigenvalue weighted by Crippen LogP contribution is 2.32. The molecule has 2 N–H and O–H groups in total. The van der Waals surface area contributed by atoms with Gasteiger partial charge in [-0.25, -0.2) is 18.3 Å². The fourth-order valence-electron chi connectivity index (χ4n) is 4.27.